The molecule has 0 radical (unpaired) electrons. The molecule has 1 N–H and O–H groups in total. The van der Waals surface area contributed by atoms with Crippen molar-refractivity contribution in [3.05, 3.63) is 23.8 Å². The molecule has 22 heavy (non-hydrogen) atoms. The second-order valence-corrected chi connectivity index (χ2v) is 8.64. The van der Waals surface area contributed by atoms with Crippen molar-refractivity contribution < 1.29 is 13.2 Å². The normalized spacial score (nSPS) is 18.2. The van der Waals surface area contributed by atoms with Crippen molar-refractivity contribution in [3.63, 3.8) is 0 Å². The minimum absolute atomic E-state index is 0.199. The van der Waals surface area contributed by atoms with Gasteiger partial charge in [-0.25, -0.2) is 8.42 Å². The Bertz CT molecular complexity index is 693. The Morgan fingerprint density at radius 2 is 2.05 bits per heavy atom. The quantitative estimate of drug-likeness (QED) is 0.926. The Morgan fingerprint density at radius 1 is 1.32 bits per heavy atom. The van der Waals surface area contributed by atoms with Gasteiger partial charge >= 0.3 is 0 Å². The third-order valence-corrected chi connectivity index (χ3v) is 6.03. The van der Waals surface area contributed by atoms with Crippen LogP contribution in [0.5, 0.6) is 0 Å². The highest BCUT2D eigenvalue weighted by atomic mass is 32.2. The van der Waals surface area contributed by atoms with Gasteiger partial charge in [-0.3, -0.25) is 9.52 Å². The molecule has 2 aliphatic rings. The molecule has 1 heterocycles. The van der Waals surface area contributed by atoms with E-state index in [1.54, 1.807) is 19.9 Å². The van der Waals surface area contributed by atoms with Crippen LogP contribution in [-0.4, -0.2) is 26.1 Å². The SMILES string of the molecule is CC(C)S(=O)(=O)Nc1ccc2c(c1)CCCN2C(=O)C1CC1. The summed E-state index contributed by atoms with van der Waals surface area (Å²) in [6, 6.07) is 5.48. The van der Waals surface area contributed by atoms with E-state index in [0.29, 0.717) is 5.69 Å². The molecule has 120 valence electrons. The van der Waals surface area contributed by atoms with E-state index in [2.05, 4.69) is 4.72 Å². The fourth-order valence-electron chi connectivity index (χ4n) is 2.72. The van der Waals surface area contributed by atoms with E-state index < -0.39 is 15.3 Å². The number of rotatable bonds is 4. The summed E-state index contributed by atoms with van der Waals surface area (Å²) in [6.45, 7) is 4.06. The molecule has 1 fully saturated rings. The molecule has 1 aliphatic heterocycles. The molecule has 1 amide bonds. The van der Waals surface area contributed by atoms with Crippen LogP contribution in [0.25, 0.3) is 0 Å². The van der Waals surface area contributed by atoms with Crippen LogP contribution in [-0.2, 0) is 21.2 Å². The molecule has 1 aromatic rings. The molecule has 0 spiro atoms. The van der Waals surface area contributed by atoms with Crippen LogP contribution in [0.1, 0.15) is 38.7 Å². The minimum Gasteiger partial charge on any atom is -0.312 e. The summed E-state index contributed by atoms with van der Waals surface area (Å²) >= 11 is 0. The van der Waals surface area contributed by atoms with Crippen molar-refractivity contribution in [3.8, 4) is 0 Å². The molecule has 0 bridgehead atoms. The van der Waals surface area contributed by atoms with Gasteiger partial charge < -0.3 is 4.90 Å². The summed E-state index contributed by atoms with van der Waals surface area (Å²) in [4.78, 5) is 14.2. The van der Waals surface area contributed by atoms with Crippen LogP contribution >= 0.6 is 0 Å². The van der Waals surface area contributed by atoms with Crippen molar-refractivity contribution in [1.82, 2.24) is 0 Å². The van der Waals surface area contributed by atoms with Gasteiger partial charge in [0.05, 0.1) is 5.25 Å². The molecule has 5 nitrogen and oxygen atoms in total. The number of benzene rings is 1. The fourth-order valence-corrected chi connectivity index (χ4v) is 3.41. The topological polar surface area (TPSA) is 66.5 Å². The average Bonchev–Trinajstić information content (AvgIpc) is 3.29. The average molecular weight is 322 g/mol. The Balaban J connectivity index is 1.86. The van der Waals surface area contributed by atoms with E-state index in [0.717, 1.165) is 43.5 Å². The van der Waals surface area contributed by atoms with Gasteiger partial charge in [-0.2, -0.15) is 0 Å². The third kappa shape index (κ3) is 2.97. The number of carbonyl (C=O) groups excluding carboxylic acids is 1. The standard InChI is InChI=1S/C16H22N2O3S/c1-11(2)22(20,21)17-14-7-8-15-13(10-14)4-3-9-18(15)16(19)12-5-6-12/h7-8,10-12,17H,3-6,9H2,1-2H3. The molecule has 0 atom stereocenters. The zero-order valence-corrected chi connectivity index (χ0v) is 13.8. The molecule has 0 aromatic heterocycles. The predicted molar refractivity (Wildman–Crippen MR) is 87.5 cm³/mol. The summed E-state index contributed by atoms with van der Waals surface area (Å²) in [6.07, 6.45) is 3.79. The van der Waals surface area contributed by atoms with Crippen LogP contribution in [0.2, 0.25) is 0 Å². The van der Waals surface area contributed by atoms with Crippen molar-refractivity contribution in [2.75, 3.05) is 16.2 Å². The summed E-state index contributed by atoms with van der Waals surface area (Å²) in [7, 11) is -3.34. The highest BCUT2D eigenvalue weighted by molar-refractivity contribution is 7.93. The number of hydrogen-bond donors (Lipinski definition) is 1. The molecule has 1 aliphatic carbocycles. The lowest BCUT2D eigenvalue weighted by Crippen LogP contribution is -2.36. The maximum Gasteiger partial charge on any atom is 0.235 e. The lowest BCUT2D eigenvalue weighted by molar-refractivity contribution is -0.119. The second kappa shape index (κ2) is 5.57. The zero-order valence-electron chi connectivity index (χ0n) is 13.0. The molecule has 0 unspecified atom stereocenters. The van der Waals surface area contributed by atoms with Crippen LogP contribution in [0.3, 0.4) is 0 Å². The monoisotopic (exact) mass is 322 g/mol. The molecule has 3 rings (SSSR count). The van der Waals surface area contributed by atoms with Gasteiger partial charge in [0.15, 0.2) is 0 Å². The Labute approximate surface area is 131 Å². The maximum atomic E-state index is 12.3. The van der Waals surface area contributed by atoms with Gasteiger partial charge in [-0.15, -0.1) is 0 Å². The first-order valence-electron chi connectivity index (χ1n) is 7.84. The van der Waals surface area contributed by atoms with E-state index in [1.807, 2.05) is 17.0 Å². The summed E-state index contributed by atoms with van der Waals surface area (Å²) in [5.41, 5.74) is 2.56. The smallest absolute Gasteiger partial charge is 0.235 e. The largest absolute Gasteiger partial charge is 0.312 e. The zero-order chi connectivity index (χ0) is 15.9. The number of hydrogen-bond acceptors (Lipinski definition) is 3. The summed E-state index contributed by atoms with van der Waals surface area (Å²) < 4.78 is 26.5. The van der Waals surface area contributed by atoms with Gasteiger partial charge in [0.1, 0.15) is 0 Å². The van der Waals surface area contributed by atoms with Gasteiger partial charge in [0.25, 0.3) is 0 Å². The number of amides is 1. The highest BCUT2D eigenvalue weighted by Gasteiger charge is 2.35. The number of aryl methyl sites for hydroxylation is 1. The Hall–Kier alpha value is -1.56. The first kappa shape index (κ1) is 15.3. The van der Waals surface area contributed by atoms with Crippen LogP contribution in [0.4, 0.5) is 11.4 Å². The van der Waals surface area contributed by atoms with Crippen molar-refractivity contribution in [2.45, 2.75) is 44.8 Å². The lowest BCUT2D eigenvalue weighted by Gasteiger charge is -2.30. The van der Waals surface area contributed by atoms with Crippen molar-refractivity contribution >= 4 is 27.3 Å². The molecule has 0 saturated heterocycles. The lowest BCUT2D eigenvalue weighted by atomic mass is 10.0. The number of fused-ring (bicyclic) bond motifs is 1. The third-order valence-electron chi connectivity index (χ3n) is 4.27. The molecule has 1 saturated carbocycles. The number of carbonyl (C=O) groups is 1. The summed E-state index contributed by atoms with van der Waals surface area (Å²) in [5.74, 6) is 0.418. The van der Waals surface area contributed by atoms with Gasteiger partial charge in [-0.05, 0) is 63.3 Å². The van der Waals surface area contributed by atoms with Crippen LogP contribution in [0, 0.1) is 5.92 Å². The highest BCUT2D eigenvalue weighted by Crippen LogP contribution is 2.36. The Morgan fingerprint density at radius 3 is 2.68 bits per heavy atom. The maximum absolute atomic E-state index is 12.3. The number of nitrogens with one attached hydrogen (secondary N) is 1. The van der Waals surface area contributed by atoms with Crippen molar-refractivity contribution in [1.29, 1.82) is 0 Å². The van der Waals surface area contributed by atoms with Gasteiger partial charge in [0.2, 0.25) is 15.9 Å². The molecule has 6 heteroatoms. The van der Waals surface area contributed by atoms with Gasteiger partial charge in [-0.1, -0.05) is 0 Å². The summed E-state index contributed by atoms with van der Waals surface area (Å²) in [5, 5.41) is -0.475. The van der Waals surface area contributed by atoms with Crippen LogP contribution in [0.15, 0.2) is 18.2 Å². The van der Waals surface area contributed by atoms with E-state index in [4.69, 9.17) is 0 Å². The van der Waals surface area contributed by atoms with Gasteiger partial charge in [0, 0.05) is 23.8 Å². The minimum atomic E-state index is -3.34. The fraction of sp³-hybridized carbons (Fsp3) is 0.562. The molecule has 1 aromatic carbocycles. The van der Waals surface area contributed by atoms with Crippen LogP contribution < -0.4 is 9.62 Å². The van der Waals surface area contributed by atoms with E-state index >= 15 is 0 Å². The molecular formula is C16H22N2O3S. The number of nitrogens with zero attached hydrogens (tertiary/aromatic N) is 1. The Kier molecular flexibility index (Phi) is 3.89. The first-order valence-corrected chi connectivity index (χ1v) is 9.39. The molecular weight excluding hydrogens is 300 g/mol. The number of sulfonamides is 1. The predicted octanol–water partition coefficient (Wildman–Crippen LogP) is 2.53. The van der Waals surface area contributed by atoms with E-state index in [1.165, 1.54) is 0 Å². The number of anilines is 2. The van der Waals surface area contributed by atoms with E-state index in [9.17, 15) is 13.2 Å². The van der Waals surface area contributed by atoms with E-state index in [-0.39, 0.29) is 11.8 Å². The second-order valence-electron chi connectivity index (χ2n) is 6.41. The first-order chi connectivity index (χ1) is 10.4. The van der Waals surface area contributed by atoms with Crippen molar-refractivity contribution in [2.24, 2.45) is 5.92 Å².